The highest BCUT2D eigenvalue weighted by Gasteiger charge is 2.47. The zero-order chi connectivity index (χ0) is 19.7. The Bertz CT molecular complexity index is 837. The molecular weight excluding hydrogens is 358 g/mol. The number of amides is 1. The molecule has 3 heterocycles. The number of carbonyl (C=O) groups is 1. The minimum Gasteiger partial charge on any atom is -0.497 e. The van der Waals surface area contributed by atoms with Crippen molar-refractivity contribution < 1.29 is 14.3 Å². The van der Waals surface area contributed by atoms with Gasteiger partial charge in [0.25, 0.3) is 0 Å². The van der Waals surface area contributed by atoms with Gasteiger partial charge in [-0.25, -0.2) is 9.78 Å². The number of rotatable bonds is 6. The number of nitrogens with two attached hydrogens (primary N) is 1. The summed E-state index contributed by atoms with van der Waals surface area (Å²) in [6.07, 6.45) is 1.42. The molecule has 2 aliphatic heterocycles. The van der Waals surface area contributed by atoms with Crippen molar-refractivity contribution >= 4 is 17.9 Å². The van der Waals surface area contributed by atoms with Crippen LogP contribution in [0.25, 0.3) is 0 Å². The summed E-state index contributed by atoms with van der Waals surface area (Å²) in [5.74, 6) is 1.90. The Labute approximate surface area is 164 Å². The molecule has 1 aromatic carbocycles. The summed E-state index contributed by atoms with van der Waals surface area (Å²) in [4.78, 5) is 24.7. The molecule has 0 spiro atoms. The maximum absolute atomic E-state index is 12.3. The molecule has 0 unspecified atom stereocenters. The van der Waals surface area contributed by atoms with Gasteiger partial charge >= 0.3 is 6.09 Å². The molecule has 2 N–H and O–H groups in total. The number of aryl methyl sites for hydroxylation is 2. The van der Waals surface area contributed by atoms with Crippen molar-refractivity contribution in [2.24, 2.45) is 0 Å². The number of benzene rings is 1. The topological polar surface area (TPSA) is 93.8 Å². The number of hydrogen-bond acceptors (Lipinski definition) is 7. The Morgan fingerprint density at radius 3 is 2.75 bits per heavy atom. The first-order chi connectivity index (χ1) is 13.5. The van der Waals surface area contributed by atoms with Crippen molar-refractivity contribution in [1.29, 1.82) is 0 Å². The van der Waals surface area contributed by atoms with Gasteiger partial charge in [0.15, 0.2) is 0 Å². The van der Waals surface area contributed by atoms with Gasteiger partial charge in [-0.05, 0) is 37.5 Å². The zero-order valence-corrected chi connectivity index (χ0v) is 16.2. The number of nitrogens with zero attached hydrogens (tertiary/aromatic N) is 4. The van der Waals surface area contributed by atoms with Crippen LogP contribution in [-0.4, -0.2) is 59.9 Å². The van der Waals surface area contributed by atoms with Crippen molar-refractivity contribution in [3.05, 3.63) is 41.6 Å². The van der Waals surface area contributed by atoms with Crippen LogP contribution in [0.5, 0.6) is 5.75 Å². The highest BCUT2D eigenvalue weighted by atomic mass is 16.6. The average Bonchev–Trinajstić information content (AvgIpc) is 3.20. The third kappa shape index (κ3) is 3.67. The maximum atomic E-state index is 12.3. The predicted octanol–water partition coefficient (Wildman–Crippen LogP) is 2.02. The van der Waals surface area contributed by atoms with Crippen molar-refractivity contribution in [3.63, 3.8) is 0 Å². The summed E-state index contributed by atoms with van der Waals surface area (Å²) in [7, 11) is 1.66. The Balaban J connectivity index is 1.36. The van der Waals surface area contributed by atoms with Crippen LogP contribution in [0, 0.1) is 6.92 Å². The van der Waals surface area contributed by atoms with E-state index in [1.807, 2.05) is 30.0 Å². The van der Waals surface area contributed by atoms with Crippen molar-refractivity contribution in [3.8, 4) is 5.75 Å². The number of carbonyl (C=O) groups excluding carboxylic acids is 1. The van der Waals surface area contributed by atoms with Crippen LogP contribution in [-0.2, 0) is 11.2 Å². The molecule has 0 saturated carbocycles. The molecule has 4 rings (SSSR count). The second-order valence-electron chi connectivity index (χ2n) is 7.27. The van der Waals surface area contributed by atoms with E-state index in [1.165, 1.54) is 5.56 Å². The van der Waals surface area contributed by atoms with Crippen LogP contribution in [0.15, 0.2) is 30.3 Å². The van der Waals surface area contributed by atoms with Crippen LogP contribution in [0.1, 0.15) is 17.7 Å². The number of methoxy groups -OCH3 is 1. The molecule has 1 amide bonds. The van der Waals surface area contributed by atoms with Gasteiger partial charge in [0.05, 0.1) is 19.7 Å². The third-order valence-electron chi connectivity index (χ3n) is 5.33. The lowest BCUT2D eigenvalue weighted by Gasteiger charge is -2.23. The standard InChI is InChI=1S/C20H25N5O3/c1-13-10-18(23-19(21)22-13)24-11-16-17(12-24)28-20(26)25(16)9-3-4-14-5-7-15(27-2)8-6-14/h5-8,10,16-17H,3-4,9,11-12H2,1-2H3,(H2,21,22,23)/t16-,17+/m1/s1. The monoisotopic (exact) mass is 383 g/mol. The van der Waals surface area contributed by atoms with Crippen LogP contribution in [0.2, 0.25) is 0 Å². The number of anilines is 2. The molecule has 8 heteroatoms. The largest absolute Gasteiger partial charge is 0.497 e. The van der Waals surface area contributed by atoms with Gasteiger partial charge in [0.2, 0.25) is 5.95 Å². The van der Waals surface area contributed by atoms with E-state index in [9.17, 15) is 4.79 Å². The summed E-state index contributed by atoms with van der Waals surface area (Å²) in [6, 6.07) is 9.98. The lowest BCUT2D eigenvalue weighted by Crippen LogP contribution is -2.39. The summed E-state index contributed by atoms with van der Waals surface area (Å²) in [5.41, 5.74) is 7.83. The number of aromatic nitrogens is 2. The summed E-state index contributed by atoms with van der Waals surface area (Å²) >= 11 is 0. The van der Waals surface area contributed by atoms with E-state index in [0.717, 1.165) is 30.1 Å². The molecule has 1 aromatic heterocycles. The molecule has 2 fully saturated rings. The van der Waals surface area contributed by atoms with E-state index in [4.69, 9.17) is 15.2 Å². The Morgan fingerprint density at radius 1 is 1.25 bits per heavy atom. The van der Waals surface area contributed by atoms with E-state index in [-0.39, 0.29) is 24.2 Å². The van der Waals surface area contributed by atoms with E-state index < -0.39 is 0 Å². The molecule has 0 radical (unpaired) electrons. The maximum Gasteiger partial charge on any atom is 0.410 e. The van der Waals surface area contributed by atoms with Crippen molar-refractivity contribution in [2.75, 3.05) is 37.4 Å². The minimum absolute atomic E-state index is 0.0415. The lowest BCUT2D eigenvalue weighted by molar-refractivity contribution is 0.135. The Hall–Kier alpha value is -3.03. The molecular formula is C20H25N5O3. The van der Waals surface area contributed by atoms with Crippen molar-refractivity contribution in [2.45, 2.75) is 31.9 Å². The summed E-state index contributed by atoms with van der Waals surface area (Å²) in [5, 5.41) is 0. The third-order valence-corrected chi connectivity index (χ3v) is 5.33. The van der Waals surface area contributed by atoms with Gasteiger partial charge in [0.1, 0.15) is 17.7 Å². The smallest absolute Gasteiger partial charge is 0.410 e. The first kappa shape index (κ1) is 18.3. The first-order valence-corrected chi connectivity index (χ1v) is 9.50. The van der Waals surface area contributed by atoms with Gasteiger partial charge in [0, 0.05) is 24.8 Å². The van der Waals surface area contributed by atoms with Crippen LogP contribution >= 0.6 is 0 Å². The van der Waals surface area contributed by atoms with Gasteiger partial charge in [-0.15, -0.1) is 0 Å². The second kappa shape index (κ2) is 7.53. The highest BCUT2D eigenvalue weighted by Crippen LogP contribution is 2.30. The number of fused-ring (bicyclic) bond motifs is 1. The average molecular weight is 383 g/mol. The quantitative estimate of drug-likeness (QED) is 0.815. The molecule has 28 heavy (non-hydrogen) atoms. The van der Waals surface area contributed by atoms with E-state index in [1.54, 1.807) is 7.11 Å². The van der Waals surface area contributed by atoms with Crippen molar-refractivity contribution in [1.82, 2.24) is 14.9 Å². The van der Waals surface area contributed by atoms with Crippen LogP contribution in [0.3, 0.4) is 0 Å². The second-order valence-corrected chi connectivity index (χ2v) is 7.27. The van der Waals surface area contributed by atoms with Crippen LogP contribution in [0.4, 0.5) is 16.6 Å². The molecule has 2 saturated heterocycles. The van der Waals surface area contributed by atoms with Gasteiger partial charge in [-0.3, -0.25) is 4.90 Å². The molecule has 8 nitrogen and oxygen atoms in total. The predicted molar refractivity (Wildman–Crippen MR) is 105 cm³/mol. The SMILES string of the molecule is COc1ccc(CCCN2C(=O)O[C@H]3CN(c4cc(C)nc(N)n4)C[C@H]32)cc1. The summed E-state index contributed by atoms with van der Waals surface area (Å²) < 4.78 is 10.8. The van der Waals surface area contributed by atoms with Gasteiger partial charge < -0.3 is 20.1 Å². The van der Waals surface area contributed by atoms with Crippen LogP contribution < -0.4 is 15.4 Å². The van der Waals surface area contributed by atoms with E-state index >= 15 is 0 Å². The minimum atomic E-state index is -0.220. The number of hydrogen-bond donors (Lipinski definition) is 1. The fourth-order valence-electron chi connectivity index (χ4n) is 3.93. The van der Waals surface area contributed by atoms with Gasteiger partial charge in [-0.1, -0.05) is 12.1 Å². The molecule has 2 aliphatic rings. The molecule has 0 aliphatic carbocycles. The number of ether oxygens (including phenoxy) is 2. The molecule has 2 aromatic rings. The zero-order valence-electron chi connectivity index (χ0n) is 16.2. The molecule has 0 bridgehead atoms. The molecule has 148 valence electrons. The first-order valence-electron chi connectivity index (χ1n) is 9.50. The lowest BCUT2D eigenvalue weighted by atomic mass is 10.1. The fourth-order valence-corrected chi connectivity index (χ4v) is 3.93. The highest BCUT2D eigenvalue weighted by molar-refractivity contribution is 5.71. The normalized spacial score (nSPS) is 21.0. The van der Waals surface area contributed by atoms with E-state index in [2.05, 4.69) is 27.0 Å². The van der Waals surface area contributed by atoms with E-state index in [0.29, 0.717) is 19.6 Å². The van der Waals surface area contributed by atoms with Gasteiger partial charge in [-0.2, -0.15) is 4.98 Å². The number of nitrogen functional groups attached to an aromatic ring is 1. The molecule has 2 atom stereocenters. The Kier molecular flexibility index (Phi) is 4.93. The fraction of sp³-hybridized carbons (Fsp3) is 0.450. The Morgan fingerprint density at radius 2 is 2.04 bits per heavy atom. The summed E-state index contributed by atoms with van der Waals surface area (Å²) in [6.45, 7) is 3.88.